The highest BCUT2D eigenvalue weighted by Gasteiger charge is 2.33. The van der Waals surface area contributed by atoms with Crippen molar-refractivity contribution in [3.05, 3.63) is 253 Å². The first-order valence-electron chi connectivity index (χ1n) is 23.9. The summed E-state index contributed by atoms with van der Waals surface area (Å²) in [6.45, 7) is 0. The van der Waals surface area contributed by atoms with E-state index in [1.54, 1.807) is 0 Å². The van der Waals surface area contributed by atoms with Gasteiger partial charge in [0.25, 0.3) is 0 Å². The molecule has 0 saturated carbocycles. The Labute approximate surface area is 402 Å². The van der Waals surface area contributed by atoms with E-state index in [4.69, 9.17) is 15.0 Å². The van der Waals surface area contributed by atoms with Gasteiger partial charge in [-0.3, -0.25) is 4.57 Å². The maximum atomic E-state index is 5.64. The van der Waals surface area contributed by atoms with Crippen LogP contribution in [0.2, 0.25) is 0 Å². The molecule has 0 bridgehead atoms. The number of fused-ring (bicyclic) bond motifs is 13. The molecule has 1 unspecified atom stereocenters. The number of para-hydroxylation sites is 5. The van der Waals surface area contributed by atoms with E-state index in [1.807, 2.05) is 6.07 Å². The van der Waals surface area contributed by atoms with Crippen LogP contribution in [0.15, 0.2) is 237 Å². The summed E-state index contributed by atoms with van der Waals surface area (Å²) in [5.41, 5.74) is 16.8. The third-order valence-electron chi connectivity index (χ3n) is 14.6. The molecule has 1 atom stereocenters. The van der Waals surface area contributed by atoms with Gasteiger partial charge in [-0.15, -0.1) is 0 Å². The topological polar surface area (TPSA) is 53.5 Å². The van der Waals surface area contributed by atoms with Gasteiger partial charge in [0.05, 0.1) is 38.8 Å². The fourth-order valence-electron chi connectivity index (χ4n) is 11.7. The Hall–Kier alpha value is -9.39. The average molecular weight is 893 g/mol. The summed E-state index contributed by atoms with van der Waals surface area (Å²) in [7, 11) is 0. The van der Waals surface area contributed by atoms with Crippen LogP contribution in [-0.4, -0.2) is 28.7 Å². The zero-order chi connectivity index (χ0) is 45.9. The summed E-state index contributed by atoms with van der Waals surface area (Å²) in [6, 6.07) is 84.9. The van der Waals surface area contributed by atoms with Crippen LogP contribution >= 0.6 is 0 Å². The second-order valence-corrected chi connectivity index (χ2v) is 18.3. The summed E-state index contributed by atoms with van der Waals surface area (Å²) in [6.07, 6.45) is 0. The van der Waals surface area contributed by atoms with E-state index >= 15 is 0 Å². The van der Waals surface area contributed by atoms with Gasteiger partial charge in [0.2, 0.25) is 5.95 Å². The smallest absolute Gasteiger partial charge is 0.238 e. The minimum absolute atomic E-state index is 0.0811. The molecule has 0 radical (unpaired) electrons. The summed E-state index contributed by atoms with van der Waals surface area (Å²) in [4.78, 5) is 16.5. The fraction of sp³-hybridized carbons (Fsp3) is 0.0156. The summed E-state index contributed by atoms with van der Waals surface area (Å²) >= 11 is 0. The lowest BCUT2D eigenvalue weighted by atomic mass is 9.89. The second kappa shape index (κ2) is 15.1. The molecule has 0 aliphatic heterocycles. The average Bonchev–Trinajstić information content (AvgIpc) is 4.16. The lowest BCUT2D eigenvalue weighted by molar-refractivity contribution is 0.952. The number of hydrogen-bond acceptors (Lipinski definition) is 3. The first-order chi connectivity index (χ1) is 34.8. The molecule has 0 N–H and O–H groups in total. The monoisotopic (exact) mass is 892 g/mol. The third-order valence-corrected chi connectivity index (χ3v) is 14.6. The summed E-state index contributed by atoms with van der Waals surface area (Å²) in [5.74, 6) is 1.86. The summed E-state index contributed by atoms with van der Waals surface area (Å²) < 4.78 is 7.22. The summed E-state index contributed by atoms with van der Waals surface area (Å²) in [5, 5.41) is 7.00. The number of hydrogen-bond donors (Lipinski definition) is 0. The van der Waals surface area contributed by atoms with Crippen LogP contribution in [0.3, 0.4) is 0 Å². The van der Waals surface area contributed by atoms with Crippen molar-refractivity contribution < 1.29 is 0 Å². The van der Waals surface area contributed by atoms with Crippen LogP contribution in [0.4, 0.5) is 0 Å². The van der Waals surface area contributed by atoms with Crippen LogP contribution in [-0.2, 0) is 0 Å². The zero-order valence-electron chi connectivity index (χ0n) is 37.8. The van der Waals surface area contributed by atoms with Crippen molar-refractivity contribution in [2.24, 2.45) is 0 Å². The van der Waals surface area contributed by atoms with Crippen molar-refractivity contribution in [2.45, 2.75) is 5.92 Å². The SMILES string of the molecule is c1ccc(-c2nc(-c3cccc4c3-c3ccccc3C4c3ccccc3)nc(-n3c4ccccc4c4c3cc(-n3c5ccccc5c5ccccc53)c3c5ccccc5n(-c5ccccc5)c34)n2)cc1. The van der Waals surface area contributed by atoms with Crippen molar-refractivity contribution in [3.63, 3.8) is 0 Å². The molecule has 0 fully saturated rings. The maximum Gasteiger partial charge on any atom is 0.238 e. The molecule has 10 aromatic carbocycles. The fourth-order valence-corrected chi connectivity index (χ4v) is 11.7. The van der Waals surface area contributed by atoms with E-state index in [1.165, 1.54) is 43.8 Å². The molecule has 4 heterocycles. The van der Waals surface area contributed by atoms with E-state index in [0.717, 1.165) is 71.9 Å². The molecule has 6 nitrogen and oxygen atoms in total. The molecule has 1 aliphatic carbocycles. The highest BCUT2D eigenvalue weighted by Crippen LogP contribution is 2.52. The molecular weight excluding hydrogens is 853 g/mol. The number of benzene rings is 10. The molecule has 14 aromatic rings. The largest absolute Gasteiger partial charge is 0.308 e. The molecule has 0 amide bonds. The Morgan fingerprint density at radius 3 is 1.56 bits per heavy atom. The van der Waals surface area contributed by atoms with Gasteiger partial charge in [0, 0.05) is 55.0 Å². The highest BCUT2D eigenvalue weighted by atomic mass is 15.2. The Morgan fingerprint density at radius 1 is 0.343 bits per heavy atom. The molecule has 326 valence electrons. The molecule has 1 aliphatic rings. The zero-order valence-corrected chi connectivity index (χ0v) is 37.8. The van der Waals surface area contributed by atoms with Crippen LogP contribution in [0, 0.1) is 0 Å². The van der Waals surface area contributed by atoms with Crippen molar-refractivity contribution in [3.8, 4) is 51.2 Å². The van der Waals surface area contributed by atoms with Gasteiger partial charge < -0.3 is 9.13 Å². The van der Waals surface area contributed by atoms with Crippen LogP contribution < -0.4 is 0 Å². The van der Waals surface area contributed by atoms with Crippen LogP contribution in [0.1, 0.15) is 22.6 Å². The first-order valence-corrected chi connectivity index (χ1v) is 23.9. The van der Waals surface area contributed by atoms with E-state index < -0.39 is 0 Å². The Morgan fingerprint density at radius 2 is 0.857 bits per heavy atom. The van der Waals surface area contributed by atoms with E-state index in [2.05, 4.69) is 244 Å². The standard InChI is InChI=1S/C64H40N6/c1-4-21-40(22-5-1)57-45-29-10-11-30-46(45)58-49(57)33-20-34-50(58)63-65-62(41-23-6-2-7-24-41)66-64(67-63)70-54-38-19-15-32-48(54)60-56(70)39-55(69-51-35-16-12-27-43(51)44-28-13-17-36-52(44)69)59-47-31-14-18-37-53(47)68(61(59)60)42-25-8-3-9-26-42/h1-39,57H. The normalized spacial score (nSPS) is 13.3. The van der Waals surface area contributed by atoms with Crippen LogP contribution in [0.5, 0.6) is 0 Å². The van der Waals surface area contributed by atoms with Gasteiger partial charge in [-0.05, 0) is 70.3 Å². The maximum absolute atomic E-state index is 5.64. The van der Waals surface area contributed by atoms with E-state index in [-0.39, 0.29) is 5.92 Å². The quantitative estimate of drug-likeness (QED) is 0.167. The molecule has 0 spiro atoms. The van der Waals surface area contributed by atoms with E-state index in [0.29, 0.717) is 17.6 Å². The second-order valence-electron chi connectivity index (χ2n) is 18.3. The van der Waals surface area contributed by atoms with Gasteiger partial charge in [-0.25, -0.2) is 4.98 Å². The molecule has 4 aromatic heterocycles. The van der Waals surface area contributed by atoms with Crippen molar-refractivity contribution in [2.75, 3.05) is 0 Å². The van der Waals surface area contributed by atoms with Gasteiger partial charge in [0.1, 0.15) is 0 Å². The van der Waals surface area contributed by atoms with Gasteiger partial charge in [0.15, 0.2) is 11.6 Å². The van der Waals surface area contributed by atoms with Gasteiger partial charge in [-0.2, -0.15) is 9.97 Å². The van der Waals surface area contributed by atoms with Crippen LogP contribution in [0.25, 0.3) is 117 Å². The lowest BCUT2D eigenvalue weighted by Crippen LogP contribution is -2.07. The van der Waals surface area contributed by atoms with E-state index in [9.17, 15) is 0 Å². The Balaban J connectivity index is 1.10. The minimum Gasteiger partial charge on any atom is -0.308 e. The lowest BCUT2D eigenvalue weighted by Gasteiger charge is -2.16. The van der Waals surface area contributed by atoms with Gasteiger partial charge in [-0.1, -0.05) is 194 Å². The molecule has 15 rings (SSSR count). The Bertz CT molecular complexity index is 4360. The first kappa shape index (κ1) is 38.7. The molecule has 70 heavy (non-hydrogen) atoms. The highest BCUT2D eigenvalue weighted by molar-refractivity contribution is 6.29. The predicted octanol–water partition coefficient (Wildman–Crippen LogP) is 15.7. The predicted molar refractivity (Wildman–Crippen MR) is 287 cm³/mol. The Kier molecular flexibility index (Phi) is 8.32. The molecular formula is C64H40N6. The minimum atomic E-state index is 0.0811. The number of aromatic nitrogens is 6. The third kappa shape index (κ3) is 5.53. The van der Waals surface area contributed by atoms with Crippen molar-refractivity contribution >= 4 is 65.4 Å². The number of nitrogens with zero attached hydrogens (tertiary/aromatic N) is 6. The number of rotatable bonds is 6. The van der Waals surface area contributed by atoms with Crippen molar-refractivity contribution in [1.29, 1.82) is 0 Å². The molecule has 0 saturated heterocycles. The van der Waals surface area contributed by atoms with Gasteiger partial charge >= 0.3 is 0 Å². The molecule has 6 heteroatoms. The van der Waals surface area contributed by atoms with Crippen molar-refractivity contribution in [1.82, 2.24) is 28.7 Å².